The van der Waals surface area contributed by atoms with E-state index >= 15 is 0 Å². The van der Waals surface area contributed by atoms with Gasteiger partial charge >= 0.3 is 0 Å². The first kappa shape index (κ1) is 13.8. The predicted octanol–water partition coefficient (Wildman–Crippen LogP) is 0.754. The molecular weight excluding hydrogens is 272 g/mol. The summed E-state index contributed by atoms with van der Waals surface area (Å²) in [4.78, 5) is 0. The van der Waals surface area contributed by atoms with Crippen molar-refractivity contribution in [1.82, 2.24) is 0 Å². The lowest BCUT2D eigenvalue weighted by molar-refractivity contribution is 0.511. The largest absolute Gasteiger partial charge is 0.330 e. The van der Waals surface area contributed by atoms with Gasteiger partial charge in [0.1, 0.15) is 0 Å². The van der Waals surface area contributed by atoms with Crippen molar-refractivity contribution in [1.29, 1.82) is 0 Å². The Hall–Kier alpha value is -0.620. The summed E-state index contributed by atoms with van der Waals surface area (Å²) in [6.45, 7) is 0.545. The summed E-state index contributed by atoms with van der Waals surface area (Å²) in [6, 6.07) is 7.20. The van der Waals surface area contributed by atoms with Crippen LogP contribution < -0.4 is 11.5 Å². The molecule has 0 aliphatic heterocycles. The third-order valence-corrected chi connectivity index (χ3v) is 5.75. The Balaban J connectivity index is 2.41. The van der Waals surface area contributed by atoms with Crippen LogP contribution in [-0.4, -0.2) is 33.0 Å². The SMILES string of the molecule is CS(=O)(=O)[C@H]1[C@H](c2ccc(Cl)cc2)C1(CN)CN. The molecule has 1 aromatic rings. The lowest BCUT2D eigenvalue weighted by Gasteiger charge is -2.12. The van der Waals surface area contributed by atoms with E-state index < -0.39 is 20.5 Å². The maximum atomic E-state index is 11.8. The van der Waals surface area contributed by atoms with Crippen LogP contribution in [0.1, 0.15) is 11.5 Å². The second kappa shape index (κ2) is 4.49. The van der Waals surface area contributed by atoms with E-state index in [1.165, 1.54) is 6.26 Å². The van der Waals surface area contributed by atoms with Gasteiger partial charge in [0.15, 0.2) is 9.84 Å². The lowest BCUT2D eigenvalue weighted by atomic mass is 9.99. The first-order valence-corrected chi connectivity index (χ1v) is 8.04. The van der Waals surface area contributed by atoms with Gasteiger partial charge in [-0.15, -0.1) is 0 Å². The van der Waals surface area contributed by atoms with Crippen LogP contribution in [0.3, 0.4) is 0 Å². The summed E-state index contributed by atoms with van der Waals surface area (Å²) >= 11 is 5.83. The molecule has 1 aliphatic rings. The zero-order valence-corrected chi connectivity index (χ0v) is 11.7. The molecule has 4 nitrogen and oxygen atoms in total. The molecule has 4 N–H and O–H groups in total. The Bertz CT molecular complexity index is 538. The summed E-state index contributed by atoms with van der Waals surface area (Å²) < 4.78 is 23.7. The van der Waals surface area contributed by atoms with Crippen LogP contribution in [0.4, 0.5) is 0 Å². The number of rotatable bonds is 4. The summed E-state index contributed by atoms with van der Waals surface area (Å²) in [5.74, 6) is -0.125. The summed E-state index contributed by atoms with van der Waals surface area (Å²) in [5.41, 5.74) is 11.9. The third-order valence-electron chi connectivity index (χ3n) is 3.83. The molecule has 1 aliphatic carbocycles. The minimum atomic E-state index is -3.16. The number of benzene rings is 1. The van der Waals surface area contributed by atoms with Crippen molar-refractivity contribution in [2.45, 2.75) is 11.2 Å². The molecule has 100 valence electrons. The minimum absolute atomic E-state index is 0.125. The maximum absolute atomic E-state index is 11.8. The number of hydrogen-bond donors (Lipinski definition) is 2. The summed E-state index contributed by atoms with van der Waals surface area (Å²) in [5, 5.41) is 0.141. The average molecular weight is 289 g/mol. The highest BCUT2D eigenvalue weighted by Crippen LogP contribution is 2.61. The summed E-state index contributed by atoms with van der Waals surface area (Å²) in [7, 11) is -3.16. The average Bonchev–Trinajstić information content (AvgIpc) is 3.00. The van der Waals surface area contributed by atoms with Crippen LogP contribution in [0.5, 0.6) is 0 Å². The molecule has 6 heteroatoms. The monoisotopic (exact) mass is 288 g/mol. The predicted molar refractivity (Wildman–Crippen MR) is 73.4 cm³/mol. The Labute approximate surface area is 112 Å². The molecule has 0 saturated heterocycles. The topological polar surface area (TPSA) is 86.2 Å². The normalized spacial score (nSPS) is 26.0. The molecule has 0 unspecified atom stereocenters. The van der Waals surface area contributed by atoms with E-state index in [-0.39, 0.29) is 19.0 Å². The molecule has 0 radical (unpaired) electrons. The van der Waals surface area contributed by atoms with E-state index in [9.17, 15) is 8.42 Å². The van der Waals surface area contributed by atoms with Gasteiger partial charge in [0.2, 0.25) is 0 Å². The van der Waals surface area contributed by atoms with E-state index in [0.717, 1.165) is 5.56 Å². The number of hydrogen-bond acceptors (Lipinski definition) is 4. The smallest absolute Gasteiger partial charge is 0.151 e. The molecule has 0 spiro atoms. The van der Waals surface area contributed by atoms with Crippen molar-refractivity contribution < 1.29 is 8.42 Å². The van der Waals surface area contributed by atoms with Gasteiger partial charge < -0.3 is 11.5 Å². The fourth-order valence-corrected chi connectivity index (χ4v) is 5.04. The molecule has 0 heterocycles. The van der Waals surface area contributed by atoms with Crippen molar-refractivity contribution in [3.63, 3.8) is 0 Å². The quantitative estimate of drug-likeness (QED) is 0.856. The van der Waals surface area contributed by atoms with Crippen LogP contribution >= 0.6 is 11.6 Å². The molecule has 0 amide bonds. The van der Waals surface area contributed by atoms with E-state index in [4.69, 9.17) is 23.1 Å². The van der Waals surface area contributed by atoms with Gasteiger partial charge in [0.25, 0.3) is 0 Å². The highest BCUT2D eigenvalue weighted by atomic mass is 35.5. The van der Waals surface area contributed by atoms with Gasteiger partial charge in [0, 0.05) is 35.7 Å². The van der Waals surface area contributed by atoms with Crippen molar-refractivity contribution >= 4 is 21.4 Å². The van der Waals surface area contributed by atoms with Gasteiger partial charge in [-0.3, -0.25) is 0 Å². The number of nitrogens with two attached hydrogens (primary N) is 2. The fourth-order valence-electron chi connectivity index (χ4n) is 2.87. The number of halogens is 1. The lowest BCUT2D eigenvalue weighted by Crippen LogP contribution is -2.31. The van der Waals surface area contributed by atoms with Crippen LogP contribution in [0.25, 0.3) is 0 Å². The van der Waals surface area contributed by atoms with Crippen molar-refractivity contribution in [3.8, 4) is 0 Å². The van der Waals surface area contributed by atoms with Crippen LogP contribution in [-0.2, 0) is 9.84 Å². The van der Waals surface area contributed by atoms with Crippen molar-refractivity contribution in [3.05, 3.63) is 34.9 Å². The molecule has 2 rings (SSSR count). The van der Waals surface area contributed by atoms with Crippen molar-refractivity contribution in [2.75, 3.05) is 19.3 Å². The Morgan fingerprint density at radius 1 is 1.22 bits per heavy atom. The highest BCUT2D eigenvalue weighted by Gasteiger charge is 2.68. The minimum Gasteiger partial charge on any atom is -0.330 e. The Kier molecular flexibility index (Phi) is 3.44. The third kappa shape index (κ3) is 2.05. The van der Waals surface area contributed by atoms with E-state index in [0.29, 0.717) is 5.02 Å². The van der Waals surface area contributed by atoms with Gasteiger partial charge in [-0.1, -0.05) is 23.7 Å². The molecule has 1 aromatic carbocycles. The van der Waals surface area contributed by atoms with E-state index in [2.05, 4.69) is 0 Å². The molecule has 1 fully saturated rings. The standard InChI is InChI=1S/C12H17ClN2O2S/c1-18(16,17)11-10(12(11,6-14)7-15)8-2-4-9(13)5-3-8/h2-5,10-11H,6-7,14-15H2,1H3/t10-,11-/m0/s1. The van der Waals surface area contributed by atoms with Crippen LogP contribution in [0.2, 0.25) is 5.02 Å². The molecule has 2 atom stereocenters. The van der Waals surface area contributed by atoms with Gasteiger partial charge in [0.05, 0.1) is 5.25 Å². The first-order valence-electron chi connectivity index (χ1n) is 5.71. The number of sulfone groups is 1. The molecule has 1 saturated carbocycles. The van der Waals surface area contributed by atoms with Crippen molar-refractivity contribution in [2.24, 2.45) is 16.9 Å². The molecular formula is C12H17ClN2O2S. The Morgan fingerprint density at radius 2 is 1.72 bits per heavy atom. The fraction of sp³-hybridized carbons (Fsp3) is 0.500. The van der Waals surface area contributed by atoms with E-state index in [1.54, 1.807) is 12.1 Å². The Morgan fingerprint density at radius 3 is 2.06 bits per heavy atom. The van der Waals surface area contributed by atoms with Gasteiger partial charge in [-0.2, -0.15) is 0 Å². The second-order valence-electron chi connectivity index (χ2n) is 4.92. The summed E-state index contributed by atoms with van der Waals surface area (Å²) in [6.07, 6.45) is 1.24. The first-order chi connectivity index (χ1) is 8.36. The van der Waals surface area contributed by atoms with Crippen LogP contribution in [0.15, 0.2) is 24.3 Å². The van der Waals surface area contributed by atoms with Gasteiger partial charge in [-0.05, 0) is 17.7 Å². The van der Waals surface area contributed by atoms with Gasteiger partial charge in [-0.25, -0.2) is 8.42 Å². The second-order valence-corrected chi connectivity index (χ2v) is 7.52. The van der Waals surface area contributed by atoms with Crippen LogP contribution in [0, 0.1) is 5.41 Å². The highest BCUT2D eigenvalue weighted by molar-refractivity contribution is 7.91. The zero-order valence-electron chi connectivity index (χ0n) is 10.1. The van der Waals surface area contributed by atoms with E-state index in [1.807, 2.05) is 12.1 Å². The molecule has 0 aromatic heterocycles. The maximum Gasteiger partial charge on any atom is 0.151 e. The molecule has 0 bridgehead atoms. The molecule has 18 heavy (non-hydrogen) atoms. The zero-order chi connectivity index (χ0) is 13.6.